The number of aromatic nitrogens is 2. The van der Waals surface area contributed by atoms with Crippen LogP contribution in [0.25, 0.3) is 27.8 Å². The van der Waals surface area contributed by atoms with Crippen LogP contribution in [0.15, 0.2) is 53.1 Å². The Morgan fingerprint density at radius 1 is 1.11 bits per heavy atom. The summed E-state index contributed by atoms with van der Waals surface area (Å²) in [6, 6.07) is 14.0. The first-order chi connectivity index (χ1) is 13.0. The molecule has 0 atom stereocenters. The lowest BCUT2D eigenvalue weighted by Gasteiger charge is -2.12. The number of benzene rings is 2. The average Bonchev–Trinajstić information content (AvgIpc) is 3.13. The second-order valence-corrected chi connectivity index (χ2v) is 6.11. The Bertz CT molecular complexity index is 1140. The number of fused-ring (bicyclic) bond motifs is 1. The molecule has 0 saturated heterocycles. The number of nitrogens with zero attached hydrogens (tertiary/aromatic N) is 2. The Balaban J connectivity index is 2.16. The summed E-state index contributed by atoms with van der Waals surface area (Å²) in [6.07, 6.45) is -1.41. The second-order valence-electron chi connectivity index (χ2n) is 6.11. The van der Waals surface area contributed by atoms with Crippen LogP contribution in [0.2, 0.25) is 0 Å². The van der Waals surface area contributed by atoms with Crippen LogP contribution in [0, 0.1) is 13.8 Å². The number of phenolic OH excluding ortho intramolecular Hbond substituents is 1. The molecule has 0 radical (unpaired) electrons. The fraction of sp³-hybridized carbons (Fsp3) is 0.100. The molecule has 2 N–H and O–H groups in total. The van der Waals surface area contributed by atoms with Crippen LogP contribution in [-0.4, -0.2) is 26.1 Å². The molecular weight excluding hydrogens is 348 g/mol. The van der Waals surface area contributed by atoms with Crippen molar-refractivity contribution in [1.82, 2.24) is 9.72 Å². The first-order valence-electron chi connectivity index (χ1n) is 8.24. The zero-order valence-electron chi connectivity index (χ0n) is 14.6. The molecule has 7 heteroatoms. The molecule has 2 aromatic carbocycles. The number of aryl methyl sites for hydroxylation is 2. The highest BCUT2D eigenvalue weighted by molar-refractivity contribution is 5.98. The van der Waals surface area contributed by atoms with Gasteiger partial charge in [0.25, 0.3) is 0 Å². The van der Waals surface area contributed by atoms with E-state index in [0.29, 0.717) is 28.1 Å². The first-order valence-corrected chi connectivity index (χ1v) is 8.24. The Morgan fingerprint density at radius 3 is 2.44 bits per heavy atom. The number of hydrogen-bond acceptors (Lipinski definition) is 5. The fourth-order valence-corrected chi connectivity index (χ4v) is 3.32. The Hall–Kier alpha value is -3.74. The van der Waals surface area contributed by atoms with Crippen molar-refractivity contribution in [1.29, 1.82) is 0 Å². The largest absolute Gasteiger partial charge is 0.511 e. The topological polar surface area (TPSA) is 97.7 Å². The summed E-state index contributed by atoms with van der Waals surface area (Å²) in [5.41, 5.74) is 3.30. The van der Waals surface area contributed by atoms with Gasteiger partial charge in [0.05, 0.1) is 16.8 Å². The van der Waals surface area contributed by atoms with Gasteiger partial charge in [-0.05, 0) is 50.2 Å². The van der Waals surface area contributed by atoms with Crippen molar-refractivity contribution in [3.05, 3.63) is 60.0 Å². The molecule has 0 spiro atoms. The van der Waals surface area contributed by atoms with Crippen molar-refractivity contribution in [2.24, 2.45) is 0 Å². The quantitative estimate of drug-likeness (QED) is 0.513. The predicted molar refractivity (Wildman–Crippen MR) is 98.6 cm³/mol. The molecule has 0 fully saturated rings. The highest BCUT2D eigenvalue weighted by atomic mass is 16.7. The van der Waals surface area contributed by atoms with Crippen LogP contribution in [0.4, 0.5) is 4.79 Å². The number of rotatable bonds is 3. The van der Waals surface area contributed by atoms with E-state index in [1.807, 2.05) is 22.8 Å². The summed E-state index contributed by atoms with van der Waals surface area (Å²) < 4.78 is 12.4. The van der Waals surface area contributed by atoms with E-state index < -0.39 is 6.16 Å². The second kappa shape index (κ2) is 6.21. The normalized spacial score (nSPS) is 11.0. The van der Waals surface area contributed by atoms with Gasteiger partial charge >= 0.3 is 6.16 Å². The zero-order valence-corrected chi connectivity index (χ0v) is 14.6. The van der Waals surface area contributed by atoms with Gasteiger partial charge in [-0.15, -0.1) is 0 Å². The van der Waals surface area contributed by atoms with E-state index in [9.17, 15) is 15.0 Å². The van der Waals surface area contributed by atoms with E-state index in [-0.39, 0.29) is 11.5 Å². The van der Waals surface area contributed by atoms with E-state index in [0.717, 1.165) is 11.2 Å². The predicted octanol–water partition coefficient (Wildman–Crippen LogP) is 4.66. The van der Waals surface area contributed by atoms with Gasteiger partial charge in [-0.2, -0.15) is 0 Å². The smallest absolute Gasteiger partial charge is 0.508 e. The monoisotopic (exact) mass is 364 g/mol. The van der Waals surface area contributed by atoms with Gasteiger partial charge in [0.1, 0.15) is 17.2 Å². The lowest BCUT2D eigenvalue weighted by atomic mass is 10.1. The van der Waals surface area contributed by atoms with Crippen LogP contribution in [0.5, 0.6) is 11.5 Å². The van der Waals surface area contributed by atoms with Crippen LogP contribution >= 0.6 is 0 Å². The molecule has 136 valence electrons. The average molecular weight is 364 g/mol. The van der Waals surface area contributed by atoms with Crippen molar-refractivity contribution in [2.45, 2.75) is 13.8 Å². The molecule has 0 aliphatic heterocycles. The third-order valence-electron chi connectivity index (χ3n) is 4.40. The number of carbonyl (C=O) groups is 1. The van der Waals surface area contributed by atoms with Crippen molar-refractivity contribution >= 4 is 17.1 Å². The van der Waals surface area contributed by atoms with Crippen LogP contribution in [-0.2, 0) is 0 Å². The molecule has 7 nitrogen and oxygen atoms in total. The lowest BCUT2D eigenvalue weighted by Crippen LogP contribution is -2.05. The minimum absolute atomic E-state index is 0.135. The van der Waals surface area contributed by atoms with Gasteiger partial charge in [0.2, 0.25) is 0 Å². The summed E-state index contributed by atoms with van der Waals surface area (Å²) in [6.45, 7) is 3.55. The SMILES string of the molecule is Cc1noc(C)c1-c1c(OC(=O)O)c2ccccc2n1-c1ccc(O)cc1. The van der Waals surface area contributed by atoms with Crippen molar-refractivity contribution in [3.8, 4) is 28.4 Å². The maximum absolute atomic E-state index is 11.4. The molecule has 0 amide bonds. The third-order valence-corrected chi connectivity index (χ3v) is 4.40. The minimum Gasteiger partial charge on any atom is -0.508 e. The number of hydrogen-bond donors (Lipinski definition) is 2. The third kappa shape index (κ3) is 2.69. The van der Waals surface area contributed by atoms with E-state index in [4.69, 9.17) is 9.26 Å². The van der Waals surface area contributed by atoms with Crippen molar-refractivity contribution < 1.29 is 24.3 Å². The highest BCUT2D eigenvalue weighted by Gasteiger charge is 2.27. The Morgan fingerprint density at radius 2 is 1.81 bits per heavy atom. The standard InChI is InChI=1S/C20H16N2O5/c1-11-17(12(2)27-21-11)18-19(26-20(24)25)15-5-3-4-6-16(15)22(18)13-7-9-14(23)10-8-13/h3-10,23H,1-2H3,(H,24,25). The number of ether oxygens (including phenoxy) is 1. The number of para-hydroxylation sites is 1. The molecule has 0 bridgehead atoms. The van der Waals surface area contributed by atoms with Gasteiger partial charge in [0, 0.05) is 11.1 Å². The molecule has 0 aliphatic carbocycles. The van der Waals surface area contributed by atoms with Gasteiger partial charge in [-0.3, -0.25) is 0 Å². The molecular formula is C20H16N2O5. The lowest BCUT2D eigenvalue weighted by molar-refractivity contribution is 0.145. The van der Waals surface area contributed by atoms with E-state index in [1.165, 1.54) is 0 Å². The molecule has 4 aromatic rings. The van der Waals surface area contributed by atoms with Crippen LogP contribution < -0.4 is 4.74 Å². The zero-order chi connectivity index (χ0) is 19.1. The highest BCUT2D eigenvalue weighted by Crippen LogP contribution is 2.44. The Kier molecular flexibility index (Phi) is 3.84. The summed E-state index contributed by atoms with van der Waals surface area (Å²) in [4.78, 5) is 11.4. The first kappa shape index (κ1) is 16.7. The molecule has 0 saturated carbocycles. The number of carboxylic acid groups (broad SMARTS) is 1. The fourth-order valence-electron chi connectivity index (χ4n) is 3.32. The van der Waals surface area contributed by atoms with Crippen LogP contribution in [0.3, 0.4) is 0 Å². The van der Waals surface area contributed by atoms with E-state index in [2.05, 4.69) is 5.16 Å². The van der Waals surface area contributed by atoms with Gasteiger partial charge in [-0.1, -0.05) is 17.3 Å². The molecule has 2 aromatic heterocycles. The Labute approximate surface area is 154 Å². The van der Waals surface area contributed by atoms with Crippen molar-refractivity contribution in [2.75, 3.05) is 0 Å². The summed E-state index contributed by atoms with van der Waals surface area (Å²) in [7, 11) is 0. The number of phenols is 1. The van der Waals surface area contributed by atoms with Gasteiger partial charge in [-0.25, -0.2) is 4.79 Å². The number of aromatic hydroxyl groups is 1. The molecule has 27 heavy (non-hydrogen) atoms. The molecule has 0 unspecified atom stereocenters. The van der Waals surface area contributed by atoms with Crippen LogP contribution in [0.1, 0.15) is 11.5 Å². The summed E-state index contributed by atoms with van der Waals surface area (Å²) >= 11 is 0. The maximum atomic E-state index is 11.4. The minimum atomic E-state index is -1.41. The molecule has 4 rings (SSSR count). The van der Waals surface area contributed by atoms with Crippen molar-refractivity contribution in [3.63, 3.8) is 0 Å². The maximum Gasteiger partial charge on any atom is 0.511 e. The molecule has 2 heterocycles. The van der Waals surface area contributed by atoms with E-state index >= 15 is 0 Å². The summed E-state index contributed by atoms with van der Waals surface area (Å²) in [5, 5.41) is 23.6. The van der Waals surface area contributed by atoms with E-state index in [1.54, 1.807) is 44.2 Å². The molecule has 0 aliphatic rings. The van der Waals surface area contributed by atoms with Gasteiger partial charge in [0.15, 0.2) is 5.75 Å². The van der Waals surface area contributed by atoms with Gasteiger partial charge < -0.3 is 24.0 Å². The summed E-state index contributed by atoms with van der Waals surface area (Å²) in [5.74, 6) is 0.891.